The van der Waals surface area contributed by atoms with Crippen LogP contribution in [0.15, 0.2) is 29.6 Å². The Morgan fingerprint density at radius 1 is 1.20 bits per heavy atom. The molecule has 132 valence electrons. The maximum absolute atomic E-state index is 13.0. The van der Waals surface area contributed by atoms with Crippen LogP contribution < -0.4 is 5.32 Å². The Labute approximate surface area is 151 Å². The molecule has 4 nitrogen and oxygen atoms in total. The van der Waals surface area contributed by atoms with Crippen LogP contribution in [0.2, 0.25) is 0 Å². The SMILES string of the molecule is O=C(c1csc(Cc2ccc(F)cc2)n1)N1CC[C@@H]2CNC[C@@H]2CC1. The Morgan fingerprint density at radius 2 is 1.88 bits per heavy atom. The summed E-state index contributed by atoms with van der Waals surface area (Å²) in [7, 11) is 0. The van der Waals surface area contributed by atoms with Crippen LogP contribution in [-0.2, 0) is 6.42 Å². The van der Waals surface area contributed by atoms with Gasteiger partial charge in [0, 0.05) is 24.9 Å². The Bertz CT molecular complexity index is 731. The zero-order chi connectivity index (χ0) is 17.2. The molecule has 1 N–H and O–H groups in total. The van der Waals surface area contributed by atoms with Crippen molar-refractivity contribution >= 4 is 17.2 Å². The number of hydrogen-bond acceptors (Lipinski definition) is 4. The van der Waals surface area contributed by atoms with Gasteiger partial charge in [-0.1, -0.05) is 12.1 Å². The maximum atomic E-state index is 13.0. The predicted octanol–water partition coefficient (Wildman–Crippen LogP) is 2.94. The van der Waals surface area contributed by atoms with Gasteiger partial charge in [0.2, 0.25) is 0 Å². The largest absolute Gasteiger partial charge is 0.337 e. The summed E-state index contributed by atoms with van der Waals surface area (Å²) < 4.78 is 13.0. The van der Waals surface area contributed by atoms with Crippen LogP contribution >= 0.6 is 11.3 Å². The summed E-state index contributed by atoms with van der Waals surface area (Å²) in [5, 5.41) is 6.21. The zero-order valence-electron chi connectivity index (χ0n) is 14.1. The molecule has 0 saturated carbocycles. The molecule has 25 heavy (non-hydrogen) atoms. The van der Waals surface area contributed by atoms with Gasteiger partial charge in [-0.15, -0.1) is 11.3 Å². The number of nitrogens with zero attached hydrogens (tertiary/aromatic N) is 2. The average molecular weight is 359 g/mol. The highest BCUT2D eigenvalue weighted by Gasteiger charge is 2.32. The molecule has 1 aromatic heterocycles. The first-order chi connectivity index (χ1) is 12.2. The van der Waals surface area contributed by atoms with Crippen molar-refractivity contribution in [2.45, 2.75) is 19.3 Å². The number of halogens is 1. The van der Waals surface area contributed by atoms with Gasteiger partial charge in [0.15, 0.2) is 0 Å². The van der Waals surface area contributed by atoms with Crippen LogP contribution in [0.25, 0.3) is 0 Å². The van der Waals surface area contributed by atoms with Crippen molar-refractivity contribution in [3.8, 4) is 0 Å². The molecule has 0 spiro atoms. The smallest absolute Gasteiger partial charge is 0.273 e. The highest BCUT2D eigenvalue weighted by Crippen LogP contribution is 2.28. The van der Waals surface area contributed by atoms with Crippen molar-refractivity contribution in [2.75, 3.05) is 26.2 Å². The van der Waals surface area contributed by atoms with Crippen LogP contribution in [0.4, 0.5) is 4.39 Å². The van der Waals surface area contributed by atoms with E-state index >= 15 is 0 Å². The minimum absolute atomic E-state index is 0.0505. The van der Waals surface area contributed by atoms with E-state index < -0.39 is 0 Å². The molecule has 2 aromatic rings. The highest BCUT2D eigenvalue weighted by molar-refractivity contribution is 7.09. The minimum Gasteiger partial charge on any atom is -0.337 e. The van der Waals surface area contributed by atoms with Crippen LogP contribution in [0.1, 0.15) is 33.9 Å². The molecule has 2 saturated heterocycles. The van der Waals surface area contributed by atoms with Crippen molar-refractivity contribution in [1.29, 1.82) is 0 Å². The lowest BCUT2D eigenvalue weighted by molar-refractivity contribution is 0.0753. The lowest BCUT2D eigenvalue weighted by Gasteiger charge is -2.19. The van der Waals surface area contributed by atoms with E-state index in [9.17, 15) is 9.18 Å². The van der Waals surface area contributed by atoms with Gasteiger partial charge < -0.3 is 10.2 Å². The molecule has 1 aromatic carbocycles. The van der Waals surface area contributed by atoms with Crippen molar-refractivity contribution in [3.05, 3.63) is 51.7 Å². The van der Waals surface area contributed by atoms with Gasteiger partial charge in [0.1, 0.15) is 11.5 Å². The second kappa shape index (κ2) is 7.22. The number of amides is 1. The number of likely N-dealkylation sites (tertiary alicyclic amines) is 1. The van der Waals surface area contributed by atoms with Crippen molar-refractivity contribution in [3.63, 3.8) is 0 Å². The van der Waals surface area contributed by atoms with E-state index in [2.05, 4.69) is 10.3 Å². The second-order valence-corrected chi connectivity index (χ2v) is 7.92. The summed E-state index contributed by atoms with van der Waals surface area (Å²) in [6.45, 7) is 3.83. The number of carbonyl (C=O) groups is 1. The predicted molar refractivity (Wildman–Crippen MR) is 96.3 cm³/mol. The number of nitrogens with one attached hydrogen (secondary N) is 1. The highest BCUT2D eigenvalue weighted by atomic mass is 32.1. The van der Waals surface area contributed by atoms with Gasteiger partial charge in [-0.2, -0.15) is 0 Å². The molecule has 6 heteroatoms. The molecule has 0 bridgehead atoms. The molecule has 1 amide bonds. The summed E-state index contributed by atoms with van der Waals surface area (Å²) in [6.07, 6.45) is 2.79. The van der Waals surface area contributed by atoms with E-state index in [1.165, 1.54) is 23.5 Å². The fourth-order valence-electron chi connectivity index (χ4n) is 3.85. The van der Waals surface area contributed by atoms with Gasteiger partial charge in [-0.25, -0.2) is 9.37 Å². The first kappa shape index (κ1) is 16.7. The van der Waals surface area contributed by atoms with E-state index in [1.807, 2.05) is 10.3 Å². The zero-order valence-corrected chi connectivity index (χ0v) is 14.9. The van der Waals surface area contributed by atoms with Crippen LogP contribution in [0.5, 0.6) is 0 Å². The molecular formula is C19H22FN3OS. The third-order valence-corrected chi connectivity index (χ3v) is 6.19. The molecule has 2 aliphatic heterocycles. The Hall–Kier alpha value is -1.79. The Morgan fingerprint density at radius 3 is 2.56 bits per heavy atom. The third-order valence-electron chi connectivity index (χ3n) is 5.35. The number of carbonyl (C=O) groups excluding carboxylic acids is 1. The average Bonchev–Trinajstić information content (AvgIpc) is 3.22. The molecule has 4 rings (SSSR count). The summed E-state index contributed by atoms with van der Waals surface area (Å²) in [5.74, 6) is 1.24. The van der Waals surface area contributed by atoms with Gasteiger partial charge in [0.05, 0.1) is 5.01 Å². The summed E-state index contributed by atoms with van der Waals surface area (Å²) in [4.78, 5) is 19.3. The van der Waals surface area contributed by atoms with E-state index in [-0.39, 0.29) is 11.7 Å². The fourth-order valence-corrected chi connectivity index (χ4v) is 4.65. The van der Waals surface area contributed by atoms with Gasteiger partial charge in [-0.3, -0.25) is 4.79 Å². The van der Waals surface area contributed by atoms with Crippen molar-refractivity contribution in [2.24, 2.45) is 11.8 Å². The summed E-state index contributed by atoms with van der Waals surface area (Å²) in [6, 6.07) is 6.44. The lowest BCUT2D eigenvalue weighted by atomic mass is 9.92. The minimum atomic E-state index is -0.236. The number of rotatable bonds is 3. The van der Waals surface area contributed by atoms with E-state index in [0.29, 0.717) is 24.0 Å². The number of hydrogen-bond donors (Lipinski definition) is 1. The molecule has 2 atom stereocenters. The number of aromatic nitrogens is 1. The van der Waals surface area contributed by atoms with Gasteiger partial charge in [-0.05, 0) is 55.5 Å². The monoisotopic (exact) mass is 359 g/mol. The normalized spacial score (nSPS) is 23.3. The number of fused-ring (bicyclic) bond motifs is 1. The quantitative estimate of drug-likeness (QED) is 0.916. The first-order valence-electron chi connectivity index (χ1n) is 8.88. The van der Waals surface area contributed by atoms with E-state index in [0.717, 1.165) is 49.6 Å². The van der Waals surface area contributed by atoms with Crippen LogP contribution in [-0.4, -0.2) is 42.0 Å². The molecule has 0 radical (unpaired) electrons. The van der Waals surface area contributed by atoms with Gasteiger partial charge in [0.25, 0.3) is 5.91 Å². The number of benzene rings is 1. The fraction of sp³-hybridized carbons (Fsp3) is 0.474. The molecule has 0 unspecified atom stereocenters. The number of thiazole rings is 1. The molecule has 0 aliphatic carbocycles. The van der Waals surface area contributed by atoms with E-state index in [4.69, 9.17) is 0 Å². The van der Waals surface area contributed by atoms with E-state index in [1.54, 1.807) is 12.1 Å². The third kappa shape index (κ3) is 3.75. The summed E-state index contributed by atoms with van der Waals surface area (Å²) >= 11 is 1.50. The Kier molecular flexibility index (Phi) is 4.81. The Balaban J connectivity index is 1.40. The lowest BCUT2D eigenvalue weighted by Crippen LogP contribution is -2.33. The standard InChI is InChI=1S/C19H22FN3OS/c20-16-3-1-13(2-4-16)9-18-22-17(12-25-18)19(24)23-7-5-14-10-21-11-15(14)6-8-23/h1-4,12,14-15,21H,5-11H2/t14-,15+. The maximum Gasteiger partial charge on any atom is 0.273 e. The molecule has 2 aliphatic rings. The van der Waals surface area contributed by atoms with Crippen LogP contribution in [0.3, 0.4) is 0 Å². The van der Waals surface area contributed by atoms with Gasteiger partial charge >= 0.3 is 0 Å². The summed E-state index contributed by atoms with van der Waals surface area (Å²) in [5.41, 5.74) is 1.55. The topological polar surface area (TPSA) is 45.2 Å². The van der Waals surface area contributed by atoms with Crippen molar-refractivity contribution in [1.82, 2.24) is 15.2 Å². The second-order valence-electron chi connectivity index (χ2n) is 6.98. The molecule has 3 heterocycles. The van der Waals surface area contributed by atoms with Crippen molar-refractivity contribution < 1.29 is 9.18 Å². The first-order valence-corrected chi connectivity index (χ1v) is 9.76. The van der Waals surface area contributed by atoms with Crippen LogP contribution in [0, 0.1) is 17.7 Å². The molecular weight excluding hydrogens is 337 g/mol. The molecule has 2 fully saturated rings.